The first-order valence-corrected chi connectivity index (χ1v) is 11.6. The highest BCUT2D eigenvalue weighted by Gasteiger charge is 2.39. The van der Waals surface area contributed by atoms with E-state index in [0.717, 1.165) is 0 Å². The first-order chi connectivity index (χ1) is 15.4. The van der Waals surface area contributed by atoms with Crippen LogP contribution in [-0.2, 0) is 24.0 Å². The molecule has 6 atom stereocenters. The minimum absolute atomic E-state index is 0.0515. The molecule has 0 bridgehead atoms. The van der Waals surface area contributed by atoms with Crippen LogP contribution in [0.1, 0.15) is 66.2 Å². The van der Waals surface area contributed by atoms with Crippen LogP contribution in [0.5, 0.6) is 0 Å². The van der Waals surface area contributed by atoms with E-state index in [9.17, 15) is 29.1 Å². The number of primary amides is 1. The summed E-state index contributed by atoms with van der Waals surface area (Å²) in [7, 11) is 0. The number of carbonyl (C=O) groups is 5. The lowest BCUT2D eigenvalue weighted by atomic mass is 9.98. The number of aliphatic carboxylic acids is 1. The third kappa shape index (κ3) is 7.99. The molecular formula is C22H39N5O6. The van der Waals surface area contributed by atoms with Crippen molar-refractivity contribution in [2.24, 2.45) is 23.3 Å². The Morgan fingerprint density at radius 3 is 2.18 bits per heavy atom. The van der Waals surface area contributed by atoms with E-state index < -0.39 is 47.9 Å². The molecule has 1 fully saturated rings. The minimum Gasteiger partial charge on any atom is -0.480 e. The van der Waals surface area contributed by atoms with E-state index in [1.54, 1.807) is 13.8 Å². The van der Waals surface area contributed by atoms with Crippen molar-refractivity contribution < 1.29 is 29.1 Å². The molecule has 0 radical (unpaired) electrons. The first kappa shape index (κ1) is 28.3. The van der Waals surface area contributed by atoms with Gasteiger partial charge in [-0.1, -0.05) is 40.5 Å². The fourth-order valence-electron chi connectivity index (χ4n) is 3.75. The maximum absolute atomic E-state index is 13.0. The van der Waals surface area contributed by atoms with Gasteiger partial charge in [0.05, 0.1) is 6.04 Å². The van der Waals surface area contributed by atoms with Crippen molar-refractivity contribution in [3.63, 3.8) is 0 Å². The zero-order valence-electron chi connectivity index (χ0n) is 20.0. The van der Waals surface area contributed by atoms with Crippen LogP contribution in [0.3, 0.4) is 0 Å². The molecule has 0 aromatic rings. The van der Waals surface area contributed by atoms with Gasteiger partial charge < -0.3 is 32.1 Å². The van der Waals surface area contributed by atoms with Gasteiger partial charge in [0.25, 0.3) is 0 Å². The van der Waals surface area contributed by atoms with Gasteiger partial charge in [0.2, 0.25) is 23.6 Å². The van der Waals surface area contributed by atoms with E-state index in [4.69, 9.17) is 11.5 Å². The van der Waals surface area contributed by atoms with Gasteiger partial charge in [0.15, 0.2) is 0 Å². The van der Waals surface area contributed by atoms with Crippen molar-refractivity contribution in [1.29, 1.82) is 0 Å². The summed E-state index contributed by atoms with van der Waals surface area (Å²) in [6, 6.07) is -3.84. The molecule has 6 unspecified atom stereocenters. The molecule has 11 nitrogen and oxygen atoms in total. The second kappa shape index (κ2) is 13.1. The molecular weight excluding hydrogens is 430 g/mol. The van der Waals surface area contributed by atoms with E-state index in [2.05, 4.69) is 10.6 Å². The van der Waals surface area contributed by atoms with Gasteiger partial charge in [0, 0.05) is 13.0 Å². The van der Waals surface area contributed by atoms with Crippen LogP contribution in [-0.4, -0.2) is 70.3 Å². The van der Waals surface area contributed by atoms with Crippen molar-refractivity contribution in [2.45, 2.75) is 90.4 Å². The number of amides is 4. The lowest BCUT2D eigenvalue weighted by Gasteiger charge is -2.30. The van der Waals surface area contributed by atoms with Gasteiger partial charge in [-0.3, -0.25) is 19.2 Å². The zero-order valence-corrected chi connectivity index (χ0v) is 20.0. The van der Waals surface area contributed by atoms with Gasteiger partial charge in [-0.2, -0.15) is 0 Å². The Kier molecular flexibility index (Phi) is 11.3. The van der Waals surface area contributed by atoms with Crippen molar-refractivity contribution in [2.75, 3.05) is 6.54 Å². The number of nitrogens with one attached hydrogen (secondary N) is 2. The monoisotopic (exact) mass is 469 g/mol. The number of carboxylic acids is 1. The fraction of sp³-hybridized carbons (Fsp3) is 0.773. The van der Waals surface area contributed by atoms with Crippen LogP contribution in [0.25, 0.3) is 0 Å². The van der Waals surface area contributed by atoms with E-state index in [0.29, 0.717) is 32.2 Å². The van der Waals surface area contributed by atoms with Gasteiger partial charge in [-0.25, -0.2) is 4.79 Å². The minimum atomic E-state index is -1.19. The number of carbonyl (C=O) groups excluding carboxylic acids is 4. The standard InChI is InChI=1S/C22H39N5O6/c1-5-12(3)17(24)21(31)27-11-7-8-15(27)20(30)25-14(9-10-16(23)28)19(29)26-18(22(32)33)13(4)6-2/h12-15,17-18H,5-11,24H2,1-4H3,(H2,23,28)(H,25,30)(H,26,29)(H,32,33). The molecule has 0 aromatic heterocycles. The third-order valence-corrected chi connectivity index (χ3v) is 6.47. The highest BCUT2D eigenvalue weighted by molar-refractivity contribution is 5.94. The average molecular weight is 470 g/mol. The topological polar surface area (TPSA) is 185 Å². The van der Waals surface area contributed by atoms with Crippen LogP contribution in [0.2, 0.25) is 0 Å². The average Bonchev–Trinajstić information content (AvgIpc) is 3.27. The van der Waals surface area contributed by atoms with E-state index in [-0.39, 0.29) is 30.6 Å². The number of nitrogens with two attached hydrogens (primary N) is 2. The van der Waals surface area contributed by atoms with Gasteiger partial charge in [-0.05, 0) is 31.1 Å². The molecule has 0 spiro atoms. The molecule has 1 heterocycles. The summed E-state index contributed by atoms with van der Waals surface area (Å²) in [6.45, 7) is 7.67. The molecule has 1 rings (SSSR count). The van der Waals surface area contributed by atoms with Gasteiger partial charge in [0.1, 0.15) is 18.1 Å². The third-order valence-electron chi connectivity index (χ3n) is 6.47. The highest BCUT2D eigenvalue weighted by atomic mass is 16.4. The smallest absolute Gasteiger partial charge is 0.326 e. The SMILES string of the molecule is CCC(C)C(N)C(=O)N1CCCC1C(=O)NC(CCC(N)=O)C(=O)NC(C(=O)O)C(C)CC. The second-order valence-corrected chi connectivity index (χ2v) is 8.88. The summed E-state index contributed by atoms with van der Waals surface area (Å²) in [5.74, 6) is -3.82. The van der Waals surface area contributed by atoms with Crippen molar-refractivity contribution in [1.82, 2.24) is 15.5 Å². The molecule has 7 N–H and O–H groups in total. The molecule has 11 heteroatoms. The summed E-state index contributed by atoms with van der Waals surface area (Å²) in [5, 5.41) is 14.5. The van der Waals surface area contributed by atoms with E-state index in [1.165, 1.54) is 4.90 Å². The molecule has 4 amide bonds. The Balaban J connectivity index is 2.99. The highest BCUT2D eigenvalue weighted by Crippen LogP contribution is 2.21. The maximum atomic E-state index is 13.0. The van der Waals surface area contributed by atoms with Crippen molar-refractivity contribution >= 4 is 29.6 Å². The zero-order chi connectivity index (χ0) is 25.3. The first-order valence-electron chi connectivity index (χ1n) is 11.6. The number of nitrogens with zero attached hydrogens (tertiary/aromatic N) is 1. The van der Waals surface area contributed by atoms with Crippen LogP contribution in [0.4, 0.5) is 0 Å². The predicted octanol–water partition coefficient (Wildman–Crippen LogP) is -0.283. The van der Waals surface area contributed by atoms with Crippen molar-refractivity contribution in [3.8, 4) is 0 Å². The fourth-order valence-corrected chi connectivity index (χ4v) is 3.75. The molecule has 1 aliphatic rings. The summed E-state index contributed by atoms with van der Waals surface area (Å²) < 4.78 is 0. The number of hydrogen-bond acceptors (Lipinski definition) is 6. The normalized spacial score (nSPS) is 20.3. The number of likely N-dealkylation sites (tertiary alicyclic amines) is 1. The maximum Gasteiger partial charge on any atom is 0.326 e. The quantitative estimate of drug-likeness (QED) is 0.245. The Labute approximate surface area is 195 Å². The van der Waals surface area contributed by atoms with Crippen molar-refractivity contribution in [3.05, 3.63) is 0 Å². The second-order valence-electron chi connectivity index (χ2n) is 8.88. The lowest BCUT2D eigenvalue weighted by molar-refractivity contribution is -0.144. The number of carboxylic acid groups (broad SMARTS) is 1. The molecule has 1 aliphatic heterocycles. The van der Waals surface area contributed by atoms with Crippen LogP contribution in [0, 0.1) is 11.8 Å². The Morgan fingerprint density at radius 1 is 1.06 bits per heavy atom. The lowest BCUT2D eigenvalue weighted by Crippen LogP contribution is -2.57. The Morgan fingerprint density at radius 2 is 1.67 bits per heavy atom. The van der Waals surface area contributed by atoms with E-state index in [1.807, 2.05) is 13.8 Å². The van der Waals surface area contributed by atoms with Gasteiger partial charge >= 0.3 is 5.97 Å². The largest absolute Gasteiger partial charge is 0.480 e. The van der Waals surface area contributed by atoms with Crippen LogP contribution >= 0.6 is 0 Å². The number of rotatable bonds is 13. The predicted molar refractivity (Wildman–Crippen MR) is 122 cm³/mol. The van der Waals surface area contributed by atoms with Gasteiger partial charge in [-0.15, -0.1) is 0 Å². The molecule has 188 valence electrons. The van der Waals surface area contributed by atoms with Crippen LogP contribution < -0.4 is 22.1 Å². The summed E-state index contributed by atoms with van der Waals surface area (Å²) in [6.07, 6.45) is 2.00. The summed E-state index contributed by atoms with van der Waals surface area (Å²) >= 11 is 0. The molecule has 33 heavy (non-hydrogen) atoms. The summed E-state index contributed by atoms with van der Waals surface area (Å²) in [5.41, 5.74) is 11.3. The van der Waals surface area contributed by atoms with E-state index >= 15 is 0 Å². The molecule has 0 aromatic carbocycles. The molecule has 0 saturated carbocycles. The molecule has 0 aliphatic carbocycles. The van der Waals surface area contributed by atoms with Crippen LogP contribution in [0.15, 0.2) is 0 Å². The number of hydrogen-bond donors (Lipinski definition) is 5. The summed E-state index contributed by atoms with van der Waals surface area (Å²) in [4.78, 5) is 63.0. The molecule has 1 saturated heterocycles. The Hall–Kier alpha value is -2.69. The Bertz CT molecular complexity index is 730.